The third-order valence-electron chi connectivity index (χ3n) is 5.72. The Hall–Kier alpha value is -2.74. The fourth-order valence-corrected chi connectivity index (χ4v) is 4.34. The van der Waals surface area contributed by atoms with Crippen LogP contribution in [-0.4, -0.2) is 9.97 Å². The predicted molar refractivity (Wildman–Crippen MR) is 108 cm³/mol. The summed E-state index contributed by atoms with van der Waals surface area (Å²) in [6.07, 6.45) is 8.44. The lowest BCUT2D eigenvalue weighted by Gasteiger charge is -2.11. The van der Waals surface area contributed by atoms with Gasteiger partial charge in [-0.1, -0.05) is 74.2 Å². The largest absolute Gasteiger partial charge is 0.236 e. The number of hydrogen-bond donors (Lipinski definition) is 0. The summed E-state index contributed by atoms with van der Waals surface area (Å²) in [4.78, 5) is 9.16. The van der Waals surface area contributed by atoms with E-state index in [2.05, 4.69) is 70.6 Å². The predicted octanol–water partition coefficient (Wildman–Crippen LogP) is 6.18. The number of aromatic nitrogens is 2. The van der Waals surface area contributed by atoms with Crippen LogP contribution >= 0.6 is 0 Å². The average molecular weight is 338 g/mol. The Balaban J connectivity index is 1.56. The van der Waals surface area contributed by atoms with Gasteiger partial charge in [0.05, 0.1) is 11.2 Å². The fraction of sp³-hybridized carbons (Fsp3) is 0.250. The number of benzene rings is 3. The van der Waals surface area contributed by atoms with Crippen molar-refractivity contribution < 1.29 is 0 Å². The van der Waals surface area contributed by atoms with Crippen LogP contribution in [-0.2, 0) is 6.42 Å². The second-order valence-electron chi connectivity index (χ2n) is 7.49. The normalized spacial score (nSPS) is 15.1. The zero-order valence-electron chi connectivity index (χ0n) is 14.9. The van der Waals surface area contributed by atoms with Crippen LogP contribution < -0.4 is 0 Å². The van der Waals surface area contributed by atoms with Crippen molar-refractivity contribution in [1.29, 1.82) is 0 Å². The van der Waals surface area contributed by atoms with Crippen LogP contribution in [0.1, 0.15) is 31.2 Å². The molecule has 0 N–H and O–H groups in total. The van der Waals surface area contributed by atoms with Gasteiger partial charge in [-0.05, 0) is 40.8 Å². The van der Waals surface area contributed by atoms with Crippen LogP contribution in [0.5, 0.6) is 0 Å². The van der Waals surface area contributed by atoms with Gasteiger partial charge < -0.3 is 0 Å². The lowest BCUT2D eigenvalue weighted by Crippen LogP contribution is -1.99. The highest BCUT2D eigenvalue weighted by molar-refractivity contribution is 5.95. The Labute approximate surface area is 153 Å². The zero-order chi connectivity index (χ0) is 17.3. The molecule has 0 amide bonds. The number of fused-ring (bicyclic) bond motifs is 2. The lowest BCUT2D eigenvalue weighted by molar-refractivity contribution is 0.547. The van der Waals surface area contributed by atoms with Crippen molar-refractivity contribution in [3.8, 4) is 11.3 Å². The van der Waals surface area contributed by atoms with Gasteiger partial charge in [0.25, 0.3) is 0 Å². The van der Waals surface area contributed by atoms with Crippen molar-refractivity contribution in [2.45, 2.75) is 32.1 Å². The van der Waals surface area contributed by atoms with Crippen LogP contribution in [0.15, 0.2) is 67.0 Å². The summed E-state index contributed by atoms with van der Waals surface area (Å²) in [6.45, 7) is 0. The molecule has 2 heteroatoms. The molecule has 26 heavy (non-hydrogen) atoms. The van der Waals surface area contributed by atoms with Crippen LogP contribution in [0.2, 0.25) is 0 Å². The third kappa shape index (κ3) is 2.86. The maximum absolute atomic E-state index is 4.61. The van der Waals surface area contributed by atoms with Crippen molar-refractivity contribution in [2.75, 3.05) is 0 Å². The molecule has 0 atom stereocenters. The van der Waals surface area contributed by atoms with E-state index in [4.69, 9.17) is 0 Å². The molecule has 1 heterocycles. The lowest BCUT2D eigenvalue weighted by atomic mass is 9.96. The van der Waals surface area contributed by atoms with Gasteiger partial charge >= 0.3 is 0 Å². The van der Waals surface area contributed by atoms with Crippen molar-refractivity contribution in [3.05, 3.63) is 72.6 Å². The Kier molecular flexibility index (Phi) is 3.89. The van der Waals surface area contributed by atoms with Gasteiger partial charge in [0.1, 0.15) is 6.33 Å². The third-order valence-corrected chi connectivity index (χ3v) is 5.72. The topological polar surface area (TPSA) is 25.8 Å². The summed E-state index contributed by atoms with van der Waals surface area (Å²) in [5, 5.41) is 3.64. The Bertz CT molecular complexity index is 1080. The second-order valence-corrected chi connectivity index (χ2v) is 7.49. The van der Waals surface area contributed by atoms with Gasteiger partial charge in [-0.3, -0.25) is 0 Å². The minimum absolute atomic E-state index is 0.856. The fourth-order valence-electron chi connectivity index (χ4n) is 4.34. The standard InChI is InChI=1S/C24H22N2/c1-2-6-17(5-1)13-18-9-12-22-23(14-18)25-16-26-24(22)21-11-10-19-7-3-4-8-20(19)15-21/h3-4,7-12,14-17H,1-2,5-6,13H2. The highest BCUT2D eigenvalue weighted by atomic mass is 14.8. The van der Waals surface area contributed by atoms with E-state index in [-0.39, 0.29) is 0 Å². The molecule has 1 aliphatic rings. The van der Waals surface area contributed by atoms with E-state index in [0.29, 0.717) is 0 Å². The van der Waals surface area contributed by atoms with Gasteiger partial charge in [-0.2, -0.15) is 0 Å². The van der Waals surface area contributed by atoms with Crippen LogP contribution in [0.4, 0.5) is 0 Å². The minimum atomic E-state index is 0.856. The van der Waals surface area contributed by atoms with E-state index >= 15 is 0 Å². The molecule has 3 aromatic carbocycles. The highest BCUT2D eigenvalue weighted by Crippen LogP contribution is 2.31. The summed E-state index contributed by atoms with van der Waals surface area (Å²) >= 11 is 0. The molecule has 0 saturated heterocycles. The second kappa shape index (κ2) is 6.53. The Morgan fingerprint density at radius 1 is 0.808 bits per heavy atom. The number of nitrogens with zero attached hydrogens (tertiary/aromatic N) is 2. The molecule has 0 unspecified atom stereocenters. The maximum atomic E-state index is 4.61. The van der Waals surface area contributed by atoms with Crippen molar-refractivity contribution >= 4 is 21.7 Å². The van der Waals surface area contributed by atoms with E-state index in [1.165, 1.54) is 48.4 Å². The molecule has 0 spiro atoms. The molecule has 5 rings (SSSR count). The summed E-state index contributed by atoms with van der Waals surface area (Å²) in [7, 11) is 0. The monoisotopic (exact) mass is 338 g/mol. The Morgan fingerprint density at radius 2 is 1.65 bits per heavy atom. The van der Waals surface area contributed by atoms with Crippen LogP contribution in [0.25, 0.3) is 32.9 Å². The molecule has 4 aromatic rings. The van der Waals surface area contributed by atoms with Crippen LogP contribution in [0.3, 0.4) is 0 Å². The molecule has 2 nitrogen and oxygen atoms in total. The van der Waals surface area contributed by atoms with Crippen molar-refractivity contribution in [3.63, 3.8) is 0 Å². The first-order chi connectivity index (χ1) is 12.9. The number of rotatable bonds is 3. The van der Waals surface area contributed by atoms with Gasteiger partial charge in [0, 0.05) is 10.9 Å². The SMILES string of the molecule is c1ccc2cc(-c3ncnc4cc(CC5CCCC5)ccc34)ccc2c1. The molecular weight excluding hydrogens is 316 g/mol. The minimum Gasteiger partial charge on any atom is -0.236 e. The van der Waals surface area contributed by atoms with Gasteiger partial charge in [0.2, 0.25) is 0 Å². The molecule has 0 aliphatic heterocycles. The first kappa shape index (κ1) is 15.5. The van der Waals surface area contributed by atoms with E-state index < -0.39 is 0 Å². The maximum Gasteiger partial charge on any atom is 0.116 e. The molecule has 1 fully saturated rings. The van der Waals surface area contributed by atoms with Gasteiger partial charge in [0.15, 0.2) is 0 Å². The molecule has 128 valence electrons. The number of hydrogen-bond acceptors (Lipinski definition) is 2. The molecule has 1 aromatic heterocycles. The van der Waals surface area contributed by atoms with E-state index in [0.717, 1.165) is 28.1 Å². The first-order valence-corrected chi connectivity index (χ1v) is 9.60. The van der Waals surface area contributed by atoms with Gasteiger partial charge in [-0.25, -0.2) is 9.97 Å². The Morgan fingerprint density at radius 3 is 2.54 bits per heavy atom. The van der Waals surface area contributed by atoms with Crippen molar-refractivity contribution in [2.24, 2.45) is 5.92 Å². The smallest absolute Gasteiger partial charge is 0.116 e. The average Bonchev–Trinajstić information content (AvgIpc) is 3.20. The first-order valence-electron chi connectivity index (χ1n) is 9.60. The molecule has 0 bridgehead atoms. The highest BCUT2D eigenvalue weighted by Gasteiger charge is 2.16. The van der Waals surface area contributed by atoms with E-state index in [1.54, 1.807) is 6.33 Å². The van der Waals surface area contributed by atoms with Crippen LogP contribution in [0, 0.1) is 5.92 Å². The summed E-state index contributed by atoms with van der Waals surface area (Å²) < 4.78 is 0. The van der Waals surface area contributed by atoms with E-state index in [9.17, 15) is 0 Å². The molecule has 1 aliphatic carbocycles. The van der Waals surface area contributed by atoms with Gasteiger partial charge in [-0.15, -0.1) is 0 Å². The summed E-state index contributed by atoms with van der Waals surface area (Å²) in [6, 6.07) is 21.8. The molecule has 1 saturated carbocycles. The zero-order valence-corrected chi connectivity index (χ0v) is 14.9. The molecular formula is C24H22N2. The quantitative estimate of drug-likeness (QED) is 0.445. The van der Waals surface area contributed by atoms with E-state index in [1.807, 2.05) is 0 Å². The van der Waals surface area contributed by atoms with Crippen molar-refractivity contribution in [1.82, 2.24) is 9.97 Å². The summed E-state index contributed by atoms with van der Waals surface area (Å²) in [5.41, 5.74) is 4.64. The summed E-state index contributed by atoms with van der Waals surface area (Å²) in [5.74, 6) is 0.856. The molecule has 0 radical (unpaired) electrons.